The van der Waals surface area contributed by atoms with Crippen molar-refractivity contribution in [2.75, 3.05) is 28.7 Å². The number of ether oxygens (including phenoxy) is 1. The molecule has 4 rings (SSSR count). The molecule has 2 aromatic heterocycles. The summed E-state index contributed by atoms with van der Waals surface area (Å²) in [6.07, 6.45) is 2.96. The molecule has 0 spiro atoms. The van der Waals surface area contributed by atoms with Crippen LogP contribution in [0.1, 0.15) is 20.1 Å². The molecule has 0 bridgehead atoms. The van der Waals surface area contributed by atoms with E-state index in [-0.39, 0.29) is 24.9 Å². The molecule has 0 aliphatic carbocycles. The van der Waals surface area contributed by atoms with Gasteiger partial charge in [-0.25, -0.2) is 13.8 Å². The van der Waals surface area contributed by atoms with Crippen LogP contribution in [0.5, 0.6) is 5.75 Å². The molecule has 0 unspecified atom stereocenters. The topological polar surface area (TPSA) is 83.5 Å². The number of hydrogen-bond acceptors (Lipinski definition) is 8. The van der Waals surface area contributed by atoms with Crippen LogP contribution in [0.2, 0.25) is 5.02 Å². The van der Waals surface area contributed by atoms with Crippen LogP contribution in [0.25, 0.3) is 11.3 Å². The normalized spacial score (nSPS) is 10.9. The number of pyridine rings is 1. The molecule has 204 valence electrons. The van der Waals surface area contributed by atoms with Crippen LogP contribution >= 0.6 is 46.6 Å². The van der Waals surface area contributed by atoms with Gasteiger partial charge >= 0.3 is 0 Å². The van der Waals surface area contributed by atoms with Crippen molar-refractivity contribution < 1.29 is 23.4 Å². The van der Waals surface area contributed by atoms with E-state index in [0.717, 1.165) is 16.8 Å². The molecule has 1 amide bonds. The van der Waals surface area contributed by atoms with Gasteiger partial charge in [-0.1, -0.05) is 23.5 Å². The first-order valence-electron chi connectivity index (χ1n) is 11.6. The lowest BCUT2D eigenvalue weighted by molar-refractivity contribution is 0.103. The Morgan fingerprint density at radius 1 is 1.10 bits per heavy atom. The lowest BCUT2D eigenvalue weighted by Crippen LogP contribution is -2.10. The van der Waals surface area contributed by atoms with E-state index in [4.69, 9.17) is 21.4 Å². The monoisotopic (exact) mass is 607 g/mol. The number of hydrogen-bond donors (Lipinski definition) is 3. The summed E-state index contributed by atoms with van der Waals surface area (Å²) in [6.45, 7) is 1.78. The van der Waals surface area contributed by atoms with Crippen molar-refractivity contribution in [2.45, 2.75) is 18.4 Å². The zero-order valence-electron chi connectivity index (χ0n) is 20.9. The van der Waals surface area contributed by atoms with E-state index in [1.165, 1.54) is 53.2 Å². The number of aromatic nitrogens is 1. The highest BCUT2D eigenvalue weighted by molar-refractivity contribution is 7.99. The predicted octanol–water partition coefficient (Wildman–Crippen LogP) is 7.66. The Bertz CT molecular complexity index is 1490. The van der Waals surface area contributed by atoms with Gasteiger partial charge in [-0.05, 0) is 55.0 Å². The summed E-state index contributed by atoms with van der Waals surface area (Å²) in [5.41, 5.74) is 2.82. The van der Waals surface area contributed by atoms with Crippen molar-refractivity contribution in [1.82, 2.24) is 4.98 Å². The first-order chi connectivity index (χ1) is 18.7. The number of amides is 1. The molecule has 0 atom stereocenters. The van der Waals surface area contributed by atoms with E-state index in [0.29, 0.717) is 43.1 Å². The minimum absolute atomic E-state index is 0.0271. The Morgan fingerprint density at radius 3 is 2.67 bits per heavy atom. The summed E-state index contributed by atoms with van der Waals surface area (Å²) < 4.78 is 37.2. The largest absolute Gasteiger partial charge is 0.487 e. The van der Waals surface area contributed by atoms with Gasteiger partial charge in [0.05, 0.1) is 17.7 Å². The fraction of sp³-hybridized carbons (Fsp3) is 0.185. The first-order valence-corrected chi connectivity index (χ1v) is 15.0. The van der Waals surface area contributed by atoms with E-state index in [2.05, 4.69) is 15.0 Å². The van der Waals surface area contributed by atoms with Crippen molar-refractivity contribution >= 4 is 63.9 Å². The van der Waals surface area contributed by atoms with E-state index < -0.39 is 11.6 Å². The summed E-state index contributed by atoms with van der Waals surface area (Å²) in [4.78, 5) is 19.1. The van der Waals surface area contributed by atoms with Crippen molar-refractivity contribution in [1.29, 1.82) is 0 Å². The Hall–Kier alpha value is -2.83. The third-order valence-electron chi connectivity index (χ3n) is 5.28. The molecule has 0 fully saturated rings. The van der Waals surface area contributed by atoms with Crippen molar-refractivity contribution in [3.8, 4) is 17.0 Å². The molecule has 0 aliphatic heterocycles. The average molecular weight is 608 g/mol. The summed E-state index contributed by atoms with van der Waals surface area (Å²) in [7, 11) is 0. The molecule has 0 radical (unpaired) electrons. The second kappa shape index (κ2) is 13.5. The second-order valence-electron chi connectivity index (χ2n) is 8.23. The fourth-order valence-corrected chi connectivity index (χ4v) is 5.97. The number of nitrogens with one attached hydrogen (secondary N) is 2. The summed E-state index contributed by atoms with van der Waals surface area (Å²) in [5.74, 6) is -0.756. The zero-order valence-corrected chi connectivity index (χ0v) is 24.1. The molecular weight excluding hydrogens is 584 g/mol. The summed E-state index contributed by atoms with van der Waals surface area (Å²) in [6, 6.07) is 12.5. The van der Waals surface area contributed by atoms with E-state index in [1.807, 2.05) is 13.2 Å². The molecular formula is C27H24ClF2N3O3S3. The number of aliphatic hydroxyl groups excluding tert-OH is 1. The molecule has 6 nitrogen and oxygen atoms in total. The highest BCUT2D eigenvalue weighted by Crippen LogP contribution is 2.36. The first kappa shape index (κ1) is 29.2. The maximum absolute atomic E-state index is 14.1. The van der Waals surface area contributed by atoms with Crippen molar-refractivity contribution in [2.24, 2.45) is 0 Å². The van der Waals surface area contributed by atoms with Gasteiger partial charge in [0.2, 0.25) is 0 Å². The number of benzene rings is 2. The Morgan fingerprint density at radius 2 is 1.90 bits per heavy atom. The number of thiophene rings is 1. The van der Waals surface area contributed by atoms with Crippen LogP contribution in [0, 0.1) is 18.6 Å². The Balaban J connectivity index is 1.56. The number of rotatable bonds is 11. The molecule has 0 aliphatic rings. The number of anilines is 2. The lowest BCUT2D eigenvalue weighted by Gasteiger charge is -2.12. The molecule has 2 aromatic carbocycles. The third kappa shape index (κ3) is 7.86. The number of aliphatic hydroxyl groups is 1. The minimum Gasteiger partial charge on any atom is -0.487 e. The van der Waals surface area contributed by atoms with E-state index in [1.54, 1.807) is 30.3 Å². The van der Waals surface area contributed by atoms with Crippen LogP contribution in [0.15, 0.2) is 59.6 Å². The molecule has 4 aromatic rings. The minimum atomic E-state index is -0.589. The number of aryl methyl sites for hydroxylation is 1. The van der Waals surface area contributed by atoms with Gasteiger partial charge in [0.25, 0.3) is 5.91 Å². The summed E-state index contributed by atoms with van der Waals surface area (Å²) >= 11 is 10.2. The molecule has 0 saturated heterocycles. The number of halogens is 3. The predicted molar refractivity (Wildman–Crippen MR) is 157 cm³/mol. The molecule has 12 heteroatoms. The number of carbonyl (C=O) groups is 1. The maximum atomic E-state index is 14.1. The van der Waals surface area contributed by atoms with E-state index in [9.17, 15) is 13.6 Å². The maximum Gasteiger partial charge on any atom is 0.265 e. The van der Waals surface area contributed by atoms with Crippen molar-refractivity contribution in [3.63, 3.8) is 0 Å². The zero-order chi connectivity index (χ0) is 27.9. The van der Waals surface area contributed by atoms with Gasteiger partial charge in [-0.2, -0.15) is 0 Å². The van der Waals surface area contributed by atoms with Gasteiger partial charge < -0.3 is 19.9 Å². The number of nitrogens with zero attached hydrogens (tertiary/aromatic N) is 1. The second-order valence-corrected chi connectivity index (χ2v) is 11.7. The van der Waals surface area contributed by atoms with Crippen LogP contribution in [0.4, 0.5) is 20.2 Å². The number of carbonyl (C=O) groups excluding carboxylic acids is 1. The van der Waals surface area contributed by atoms with Crippen LogP contribution in [0.3, 0.4) is 0 Å². The standard InChI is InChI=1S/C27H24ClF2N3O3S3/c1-15-23(12-25(39-15)27(35)32-20-7-17(28)8-21(11-20)33-37-2)26-24(10-19(30)13-31-26)36-14-16-5-18(29)9-22(6-16)38-4-3-34/h5-13,33-34H,3-4,14H2,1-2H3,(H,32,35). The Labute approximate surface area is 242 Å². The molecule has 39 heavy (non-hydrogen) atoms. The molecule has 0 saturated carbocycles. The van der Waals surface area contributed by atoms with Gasteiger partial charge in [0, 0.05) is 49.8 Å². The Kier molecular flexibility index (Phi) is 10.1. The van der Waals surface area contributed by atoms with Gasteiger partial charge in [-0.3, -0.25) is 4.79 Å². The molecule has 2 heterocycles. The molecule has 3 N–H and O–H groups in total. The fourth-order valence-electron chi connectivity index (χ4n) is 3.71. The average Bonchev–Trinajstić information content (AvgIpc) is 3.27. The van der Waals surface area contributed by atoms with Gasteiger partial charge in [0.15, 0.2) is 0 Å². The highest BCUT2D eigenvalue weighted by atomic mass is 35.5. The smallest absolute Gasteiger partial charge is 0.265 e. The third-order valence-corrected chi connectivity index (χ3v) is 7.94. The lowest BCUT2D eigenvalue weighted by atomic mass is 10.1. The quantitative estimate of drug-likeness (QED) is 0.119. The van der Waals surface area contributed by atoms with Crippen LogP contribution < -0.4 is 14.8 Å². The number of thioether (sulfide) groups is 1. The SMILES string of the molecule is CSNc1cc(Cl)cc(NC(=O)c2cc(-c3ncc(F)cc3OCc3cc(F)cc(SCCO)c3)c(C)s2)c1. The van der Waals surface area contributed by atoms with Crippen LogP contribution in [-0.2, 0) is 6.61 Å². The summed E-state index contributed by atoms with van der Waals surface area (Å²) in [5, 5.41) is 12.4. The van der Waals surface area contributed by atoms with Crippen molar-refractivity contribution in [3.05, 3.63) is 86.7 Å². The highest BCUT2D eigenvalue weighted by Gasteiger charge is 2.19. The van der Waals surface area contributed by atoms with Gasteiger partial charge in [-0.15, -0.1) is 23.1 Å². The van der Waals surface area contributed by atoms with Crippen LogP contribution in [-0.4, -0.2) is 34.6 Å². The van der Waals surface area contributed by atoms with Gasteiger partial charge in [0.1, 0.15) is 29.7 Å². The van der Waals surface area contributed by atoms with E-state index >= 15 is 0 Å².